The van der Waals surface area contributed by atoms with Gasteiger partial charge in [-0.05, 0) is 61.2 Å². The summed E-state index contributed by atoms with van der Waals surface area (Å²) < 4.78 is 0. The monoisotopic (exact) mass is 394 g/mol. The van der Waals surface area contributed by atoms with Crippen molar-refractivity contribution in [1.82, 2.24) is 9.97 Å². The summed E-state index contributed by atoms with van der Waals surface area (Å²) in [6.45, 7) is 1.98. The first-order valence-corrected chi connectivity index (χ1v) is 9.92. The van der Waals surface area contributed by atoms with Crippen LogP contribution in [0.15, 0.2) is 66.9 Å². The number of aliphatic hydroxyl groups is 1. The predicted molar refractivity (Wildman–Crippen MR) is 114 cm³/mol. The molecule has 0 atom stereocenters. The highest BCUT2D eigenvalue weighted by Crippen LogP contribution is 2.34. The lowest BCUT2D eigenvalue weighted by molar-refractivity contribution is 0.202. The molecule has 144 valence electrons. The summed E-state index contributed by atoms with van der Waals surface area (Å²) in [7, 11) is 0. The van der Waals surface area contributed by atoms with Gasteiger partial charge < -0.3 is 10.0 Å². The zero-order valence-corrected chi connectivity index (χ0v) is 16.3. The number of aliphatic hydroxyl groups excluding tert-OH is 1. The highest BCUT2D eigenvalue weighted by molar-refractivity contribution is 6.30. The molecule has 3 aromatic rings. The van der Waals surface area contributed by atoms with E-state index in [1.54, 1.807) is 0 Å². The standard InChI is InChI=1S/C22H23ClN4O/c23-18-6-8-20(9-7-18)27(19-4-2-1-3-5-19)21-10-13-24-22(25-21)26-14-11-17(16-28)12-15-26/h1-10,13,17,28H,11-12,14-16H2. The van der Waals surface area contributed by atoms with Crippen LogP contribution in [0, 0.1) is 5.92 Å². The maximum Gasteiger partial charge on any atom is 0.227 e. The molecule has 0 saturated carbocycles. The van der Waals surface area contributed by atoms with Crippen molar-refractivity contribution in [3.8, 4) is 0 Å². The quantitative estimate of drug-likeness (QED) is 0.673. The van der Waals surface area contributed by atoms with Crippen LogP contribution in [0.5, 0.6) is 0 Å². The SMILES string of the molecule is OCC1CCN(c2nccc(N(c3ccccc3)c3ccc(Cl)cc3)n2)CC1. The first-order valence-electron chi connectivity index (χ1n) is 9.54. The van der Waals surface area contributed by atoms with Gasteiger partial charge in [0, 0.05) is 42.3 Å². The Morgan fingerprint density at radius 3 is 2.32 bits per heavy atom. The predicted octanol–water partition coefficient (Wildman–Crippen LogP) is 4.81. The number of hydrogen-bond donors (Lipinski definition) is 1. The summed E-state index contributed by atoms with van der Waals surface area (Å²) in [5.74, 6) is 1.92. The molecule has 1 N–H and O–H groups in total. The van der Waals surface area contributed by atoms with E-state index in [0.29, 0.717) is 10.9 Å². The van der Waals surface area contributed by atoms with Gasteiger partial charge in [-0.3, -0.25) is 4.90 Å². The van der Waals surface area contributed by atoms with E-state index < -0.39 is 0 Å². The zero-order chi connectivity index (χ0) is 19.3. The second-order valence-corrected chi connectivity index (χ2v) is 7.41. The number of hydrogen-bond acceptors (Lipinski definition) is 5. The van der Waals surface area contributed by atoms with Crippen LogP contribution in [-0.2, 0) is 0 Å². The molecule has 0 bridgehead atoms. The summed E-state index contributed by atoms with van der Waals surface area (Å²) in [6, 6.07) is 19.8. The average Bonchev–Trinajstić information content (AvgIpc) is 2.76. The second-order valence-electron chi connectivity index (χ2n) is 6.98. The molecule has 0 unspecified atom stereocenters. The largest absolute Gasteiger partial charge is 0.396 e. The van der Waals surface area contributed by atoms with E-state index in [9.17, 15) is 5.11 Å². The van der Waals surface area contributed by atoms with E-state index in [-0.39, 0.29) is 6.61 Å². The molecule has 1 aliphatic rings. The molecule has 2 heterocycles. The van der Waals surface area contributed by atoms with Gasteiger partial charge >= 0.3 is 0 Å². The van der Waals surface area contributed by atoms with Crippen LogP contribution in [-0.4, -0.2) is 34.8 Å². The fourth-order valence-corrected chi connectivity index (χ4v) is 3.64. The number of nitrogens with zero attached hydrogens (tertiary/aromatic N) is 4. The van der Waals surface area contributed by atoms with Gasteiger partial charge in [0.1, 0.15) is 5.82 Å². The summed E-state index contributed by atoms with van der Waals surface area (Å²) >= 11 is 6.09. The Labute approximate surface area is 170 Å². The normalized spacial score (nSPS) is 14.9. The Hall–Kier alpha value is -2.63. The van der Waals surface area contributed by atoms with E-state index in [1.165, 1.54) is 0 Å². The van der Waals surface area contributed by atoms with Crippen molar-refractivity contribution < 1.29 is 5.11 Å². The summed E-state index contributed by atoms with van der Waals surface area (Å²) in [5, 5.41) is 10.1. The first-order chi connectivity index (χ1) is 13.7. The number of para-hydroxylation sites is 1. The van der Waals surface area contributed by atoms with E-state index in [1.807, 2.05) is 54.7 Å². The van der Waals surface area contributed by atoms with E-state index in [2.05, 4.69) is 26.9 Å². The molecular weight excluding hydrogens is 372 g/mol. The molecule has 1 fully saturated rings. The second kappa shape index (κ2) is 8.59. The van der Waals surface area contributed by atoms with E-state index in [0.717, 1.165) is 49.1 Å². The van der Waals surface area contributed by atoms with Crippen molar-refractivity contribution in [3.05, 3.63) is 71.9 Å². The van der Waals surface area contributed by atoms with Gasteiger partial charge in [-0.25, -0.2) is 4.98 Å². The van der Waals surface area contributed by atoms with Crippen LogP contribution >= 0.6 is 11.6 Å². The molecular formula is C22H23ClN4O. The summed E-state index contributed by atoms with van der Waals surface area (Å²) in [4.78, 5) is 13.7. The van der Waals surface area contributed by atoms with Crippen LogP contribution in [0.25, 0.3) is 0 Å². The van der Waals surface area contributed by atoms with Gasteiger partial charge in [-0.1, -0.05) is 29.8 Å². The Kier molecular flexibility index (Phi) is 5.74. The third-order valence-electron chi connectivity index (χ3n) is 5.11. The number of piperidine rings is 1. The molecule has 1 saturated heterocycles. The van der Waals surface area contributed by atoms with Crippen molar-refractivity contribution in [2.45, 2.75) is 12.8 Å². The number of rotatable bonds is 5. The fraction of sp³-hybridized carbons (Fsp3) is 0.273. The lowest BCUT2D eigenvalue weighted by atomic mass is 9.98. The van der Waals surface area contributed by atoms with Crippen molar-refractivity contribution in [3.63, 3.8) is 0 Å². The van der Waals surface area contributed by atoms with Gasteiger partial charge in [-0.2, -0.15) is 4.98 Å². The van der Waals surface area contributed by atoms with Crippen LogP contribution in [0.2, 0.25) is 5.02 Å². The molecule has 0 spiro atoms. The molecule has 4 rings (SSSR count). The van der Waals surface area contributed by atoms with Crippen molar-refractivity contribution in [2.75, 3.05) is 29.5 Å². The molecule has 1 aromatic heterocycles. The minimum atomic E-state index is 0.257. The van der Waals surface area contributed by atoms with Gasteiger partial charge in [0.15, 0.2) is 0 Å². The third-order valence-corrected chi connectivity index (χ3v) is 5.36. The van der Waals surface area contributed by atoms with Crippen LogP contribution in [0.4, 0.5) is 23.1 Å². The molecule has 28 heavy (non-hydrogen) atoms. The van der Waals surface area contributed by atoms with Crippen LogP contribution in [0.1, 0.15) is 12.8 Å². The lowest BCUT2D eigenvalue weighted by Gasteiger charge is -2.32. The van der Waals surface area contributed by atoms with E-state index >= 15 is 0 Å². The van der Waals surface area contributed by atoms with Crippen LogP contribution in [0.3, 0.4) is 0 Å². The topological polar surface area (TPSA) is 52.5 Å². The Balaban J connectivity index is 1.68. The number of benzene rings is 2. The molecule has 2 aromatic carbocycles. The molecule has 0 radical (unpaired) electrons. The fourth-order valence-electron chi connectivity index (χ4n) is 3.51. The summed E-state index contributed by atoms with van der Waals surface area (Å²) in [6.07, 6.45) is 3.73. The zero-order valence-electron chi connectivity index (χ0n) is 15.6. The van der Waals surface area contributed by atoms with Crippen LogP contribution < -0.4 is 9.80 Å². The molecule has 6 heteroatoms. The number of halogens is 1. The highest BCUT2D eigenvalue weighted by atomic mass is 35.5. The Morgan fingerprint density at radius 2 is 1.64 bits per heavy atom. The van der Waals surface area contributed by atoms with Gasteiger partial charge in [-0.15, -0.1) is 0 Å². The van der Waals surface area contributed by atoms with Gasteiger partial charge in [0.25, 0.3) is 0 Å². The van der Waals surface area contributed by atoms with Gasteiger partial charge in [0.05, 0.1) is 0 Å². The first kappa shape index (κ1) is 18.7. The molecule has 5 nitrogen and oxygen atoms in total. The number of aromatic nitrogens is 2. The third kappa shape index (κ3) is 4.11. The Morgan fingerprint density at radius 1 is 0.964 bits per heavy atom. The van der Waals surface area contributed by atoms with Crippen molar-refractivity contribution in [2.24, 2.45) is 5.92 Å². The minimum Gasteiger partial charge on any atom is -0.396 e. The smallest absolute Gasteiger partial charge is 0.227 e. The Bertz CT molecular complexity index is 896. The average molecular weight is 395 g/mol. The maximum atomic E-state index is 9.37. The molecule has 0 amide bonds. The molecule has 0 aliphatic carbocycles. The summed E-state index contributed by atoms with van der Waals surface area (Å²) in [5.41, 5.74) is 2.01. The highest BCUT2D eigenvalue weighted by Gasteiger charge is 2.22. The van der Waals surface area contributed by atoms with Crippen molar-refractivity contribution >= 4 is 34.7 Å². The van der Waals surface area contributed by atoms with Crippen molar-refractivity contribution in [1.29, 1.82) is 0 Å². The minimum absolute atomic E-state index is 0.257. The molecule has 1 aliphatic heterocycles. The van der Waals surface area contributed by atoms with Gasteiger partial charge in [0.2, 0.25) is 5.95 Å². The lowest BCUT2D eigenvalue weighted by Crippen LogP contribution is -2.36. The number of anilines is 4. The van der Waals surface area contributed by atoms with E-state index in [4.69, 9.17) is 16.6 Å². The maximum absolute atomic E-state index is 9.37.